The molecule has 0 fully saturated rings. The van der Waals surface area contributed by atoms with Crippen LogP contribution in [0.1, 0.15) is 54.1 Å². The molecule has 2 aromatic heterocycles. The highest BCUT2D eigenvalue weighted by Gasteiger charge is 2.35. The number of halogens is 2. The number of aryl methyl sites for hydroxylation is 1. The lowest BCUT2D eigenvalue weighted by Gasteiger charge is -2.25. The van der Waals surface area contributed by atoms with Gasteiger partial charge >= 0.3 is 5.69 Å². The molecule has 8 nitrogen and oxygen atoms in total. The monoisotopic (exact) mass is 586 g/mol. The van der Waals surface area contributed by atoms with E-state index < -0.39 is 34.5 Å². The summed E-state index contributed by atoms with van der Waals surface area (Å²) in [5.41, 5.74) is 8.19. The molecular weight excluding hydrogens is 559 g/mol. The van der Waals surface area contributed by atoms with Crippen LogP contribution >= 0.6 is 11.6 Å². The van der Waals surface area contributed by atoms with Crippen molar-refractivity contribution in [2.45, 2.75) is 38.7 Å². The van der Waals surface area contributed by atoms with Gasteiger partial charge in [0, 0.05) is 46.2 Å². The van der Waals surface area contributed by atoms with Gasteiger partial charge in [-0.2, -0.15) is 0 Å². The zero-order valence-electron chi connectivity index (χ0n) is 23.4. The number of H-pyrrole nitrogens is 1. The summed E-state index contributed by atoms with van der Waals surface area (Å²) in [4.78, 5) is 42.9. The Hall–Kier alpha value is -4.47. The lowest BCUT2D eigenvalue weighted by atomic mass is 9.81. The van der Waals surface area contributed by atoms with Gasteiger partial charge in [-0.3, -0.25) is 14.2 Å². The molecule has 5 aromatic rings. The van der Waals surface area contributed by atoms with Crippen molar-refractivity contribution in [3.05, 3.63) is 114 Å². The number of carbonyl (C=O) groups excluding carboxylic acids is 1. The smallest absolute Gasteiger partial charge is 0.335 e. The number of carbonyl (C=O) groups is 1. The summed E-state index contributed by atoms with van der Waals surface area (Å²) in [5, 5.41) is 11.8. The molecule has 0 saturated carbocycles. The third-order valence-electron chi connectivity index (χ3n) is 8.18. The zero-order valence-corrected chi connectivity index (χ0v) is 24.1. The number of fused-ring (bicyclic) bond motifs is 4. The number of nitrogens with one attached hydrogen (secondary N) is 1. The van der Waals surface area contributed by atoms with E-state index in [1.165, 1.54) is 25.2 Å². The van der Waals surface area contributed by atoms with Crippen molar-refractivity contribution in [3.8, 4) is 5.69 Å². The maximum atomic E-state index is 14.6. The van der Waals surface area contributed by atoms with Crippen LogP contribution in [0.5, 0.6) is 0 Å². The van der Waals surface area contributed by atoms with Gasteiger partial charge < -0.3 is 15.8 Å². The molecule has 1 aliphatic rings. The van der Waals surface area contributed by atoms with Gasteiger partial charge in [0.25, 0.3) is 5.56 Å². The number of aromatic amines is 1. The molecule has 1 aliphatic carbocycles. The SMILES string of the molecule is Cc1c(C2=C(Cl)CC(C(N)=O)c3[nH]c4cc(C(C)(C)O)ccc4c32)cccc1-n1c(=O)c2cccc(F)c2n(C)c1=O. The van der Waals surface area contributed by atoms with E-state index in [-0.39, 0.29) is 17.3 Å². The second-order valence-electron chi connectivity index (χ2n) is 11.2. The largest absolute Gasteiger partial charge is 0.386 e. The van der Waals surface area contributed by atoms with Crippen molar-refractivity contribution in [1.82, 2.24) is 14.1 Å². The van der Waals surface area contributed by atoms with Crippen LogP contribution in [-0.4, -0.2) is 25.1 Å². The number of hydrogen-bond donors (Lipinski definition) is 3. The van der Waals surface area contributed by atoms with Crippen LogP contribution in [0.3, 0.4) is 0 Å². The highest BCUT2D eigenvalue weighted by Crippen LogP contribution is 2.47. The number of aliphatic hydroxyl groups is 1. The van der Waals surface area contributed by atoms with E-state index in [0.717, 1.165) is 14.5 Å². The molecule has 0 bridgehead atoms. The van der Waals surface area contributed by atoms with Crippen molar-refractivity contribution in [1.29, 1.82) is 0 Å². The lowest BCUT2D eigenvalue weighted by molar-refractivity contribution is -0.119. The van der Waals surface area contributed by atoms with Gasteiger partial charge in [-0.05, 0) is 61.7 Å². The Morgan fingerprint density at radius 2 is 1.83 bits per heavy atom. The summed E-state index contributed by atoms with van der Waals surface area (Å²) in [6.07, 6.45) is 0.158. The van der Waals surface area contributed by atoms with Gasteiger partial charge in [-0.1, -0.05) is 41.9 Å². The minimum atomic E-state index is -1.09. The predicted molar refractivity (Wildman–Crippen MR) is 161 cm³/mol. The Morgan fingerprint density at radius 1 is 1.12 bits per heavy atom. The molecule has 2 heterocycles. The van der Waals surface area contributed by atoms with Crippen molar-refractivity contribution >= 4 is 44.9 Å². The Labute approximate surface area is 244 Å². The molecule has 1 unspecified atom stereocenters. The van der Waals surface area contributed by atoms with Crippen LogP contribution in [0.4, 0.5) is 4.39 Å². The van der Waals surface area contributed by atoms with E-state index in [2.05, 4.69) is 4.98 Å². The second-order valence-corrected chi connectivity index (χ2v) is 11.7. The number of para-hydroxylation sites is 1. The molecule has 214 valence electrons. The summed E-state index contributed by atoms with van der Waals surface area (Å²) in [6, 6.07) is 14.8. The normalized spacial score (nSPS) is 15.5. The quantitative estimate of drug-likeness (QED) is 0.279. The number of nitrogens with zero attached hydrogens (tertiary/aromatic N) is 2. The molecule has 0 radical (unpaired) electrons. The number of rotatable bonds is 4. The van der Waals surface area contributed by atoms with Crippen LogP contribution in [-0.2, 0) is 17.4 Å². The van der Waals surface area contributed by atoms with Gasteiger partial charge in [0.05, 0.1) is 28.1 Å². The zero-order chi connectivity index (χ0) is 30.2. The molecular formula is C32H28ClFN4O4. The number of primary amides is 1. The minimum absolute atomic E-state index is 0.0676. The van der Waals surface area contributed by atoms with Crippen LogP contribution in [0, 0.1) is 12.7 Å². The number of nitrogens with two attached hydrogens (primary N) is 1. The number of aromatic nitrogens is 3. The molecule has 42 heavy (non-hydrogen) atoms. The Balaban J connectivity index is 1.64. The first-order valence-corrected chi connectivity index (χ1v) is 13.8. The summed E-state index contributed by atoms with van der Waals surface area (Å²) < 4.78 is 16.8. The predicted octanol–water partition coefficient (Wildman–Crippen LogP) is 4.82. The van der Waals surface area contributed by atoms with Crippen LogP contribution < -0.4 is 17.0 Å². The van der Waals surface area contributed by atoms with Crippen LogP contribution in [0.25, 0.3) is 33.1 Å². The Kier molecular flexibility index (Phi) is 6.29. The third-order valence-corrected chi connectivity index (χ3v) is 8.52. The molecule has 0 saturated heterocycles. The first-order valence-electron chi connectivity index (χ1n) is 13.4. The molecule has 6 rings (SSSR count). The van der Waals surface area contributed by atoms with Crippen LogP contribution in [0.2, 0.25) is 0 Å². The maximum absolute atomic E-state index is 14.6. The topological polar surface area (TPSA) is 123 Å². The van der Waals surface area contributed by atoms with Gasteiger partial charge in [0.2, 0.25) is 5.91 Å². The standard InChI is InChI=1S/C32H28ClFN4O4/c1-15-17(7-6-10-24(15)38-30(40)19-8-5-9-22(34)28(19)37(4)31(38)41)25-21(33)14-20(29(35)39)27-26(25)18-12-11-16(32(2,3)42)13-23(18)36-27/h5-13,20,36,42H,14H2,1-4H3,(H2,35,39). The van der Waals surface area contributed by atoms with Gasteiger partial charge in [-0.25, -0.2) is 13.8 Å². The van der Waals surface area contributed by atoms with E-state index in [9.17, 15) is 23.9 Å². The minimum Gasteiger partial charge on any atom is -0.386 e. The summed E-state index contributed by atoms with van der Waals surface area (Å²) >= 11 is 6.94. The molecule has 0 aliphatic heterocycles. The fourth-order valence-corrected chi connectivity index (χ4v) is 6.35. The first-order chi connectivity index (χ1) is 19.8. The lowest BCUT2D eigenvalue weighted by Crippen LogP contribution is -2.38. The van der Waals surface area contributed by atoms with E-state index >= 15 is 0 Å². The summed E-state index contributed by atoms with van der Waals surface area (Å²) in [5.74, 6) is -1.90. The Bertz CT molecular complexity index is 2130. The molecule has 4 N–H and O–H groups in total. The molecule has 10 heteroatoms. The van der Waals surface area contributed by atoms with Crippen molar-refractivity contribution in [2.24, 2.45) is 12.8 Å². The van der Waals surface area contributed by atoms with Crippen molar-refractivity contribution < 1.29 is 14.3 Å². The molecule has 1 atom stereocenters. The summed E-state index contributed by atoms with van der Waals surface area (Å²) in [6.45, 7) is 5.16. The first kappa shape index (κ1) is 27.7. The second kappa shape index (κ2) is 9.54. The fraction of sp³-hybridized carbons (Fsp3) is 0.219. The van der Waals surface area contributed by atoms with Gasteiger partial charge in [0.15, 0.2) is 0 Å². The van der Waals surface area contributed by atoms with Crippen molar-refractivity contribution in [2.75, 3.05) is 0 Å². The number of allylic oxidation sites excluding steroid dienone is 1. The van der Waals surface area contributed by atoms with Gasteiger partial charge in [0.1, 0.15) is 5.82 Å². The third kappa shape index (κ3) is 4.03. The van der Waals surface area contributed by atoms with E-state index in [1.54, 1.807) is 32.9 Å². The summed E-state index contributed by atoms with van der Waals surface area (Å²) in [7, 11) is 1.42. The Morgan fingerprint density at radius 3 is 2.52 bits per heavy atom. The number of hydrogen-bond acceptors (Lipinski definition) is 4. The van der Waals surface area contributed by atoms with E-state index in [1.807, 2.05) is 24.3 Å². The van der Waals surface area contributed by atoms with Crippen molar-refractivity contribution in [3.63, 3.8) is 0 Å². The number of benzene rings is 3. The number of amides is 1. The van der Waals surface area contributed by atoms with Crippen LogP contribution in [0.15, 0.2) is 69.2 Å². The van der Waals surface area contributed by atoms with Gasteiger partial charge in [-0.15, -0.1) is 0 Å². The van der Waals surface area contributed by atoms with E-state index in [0.29, 0.717) is 49.8 Å². The molecule has 0 spiro atoms. The molecule has 3 aromatic carbocycles. The highest BCUT2D eigenvalue weighted by atomic mass is 35.5. The fourth-order valence-electron chi connectivity index (χ4n) is 6.00. The average molecular weight is 587 g/mol. The van der Waals surface area contributed by atoms with E-state index in [4.69, 9.17) is 17.3 Å². The molecule has 1 amide bonds. The highest BCUT2D eigenvalue weighted by molar-refractivity contribution is 6.34. The average Bonchev–Trinajstić information content (AvgIpc) is 3.30. The maximum Gasteiger partial charge on any atom is 0.335 e.